The standard InChI is InChI=1S/C8H15O4Si/c1-6(12-13(2)3)8(9)11-5-7-4-10-7/h6-7H,4-5H2,1-3H3. The lowest BCUT2D eigenvalue weighted by Crippen LogP contribution is -2.28. The number of rotatable bonds is 5. The van der Waals surface area contributed by atoms with E-state index >= 15 is 0 Å². The first-order valence-electron chi connectivity index (χ1n) is 4.34. The molecule has 1 heterocycles. The molecule has 0 amide bonds. The predicted molar refractivity (Wildman–Crippen MR) is 48.7 cm³/mol. The van der Waals surface area contributed by atoms with Gasteiger partial charge in [0, 0.05) is 0 Å². The normalized spacial score (nSPS) is 22.9. The molecule has 2 atom stereocenters. The molecular formula is C8H15O4Si. The molecule has 0 aromatic rings. The van der Waals surface area contributed by atoms with Gasteiger partial charge < -0.3 is 13.9 Å². The van der Waals surface area contributed by atoms with Gasteiger partial charge in [-0.2, -0.15) is 0 Å². The molecule has 1 aliphatic heterocycles. The number of epoxide rings is 1. The molecule has 0 spiro atoms. The van der Waals surface area contributed by atoms with Crippen molar-refractivity contribution in [3.8, 4) is 0 Å². The highest BCUT2D eigenvalue weighted by molar-refractivity contribution is 6.48. The molecule has 1 saturated heterocycles. The molecule has 1 aliphatic rings. The van der Waals surface area contributed by atoms with Crippen molar-refractivity contribution in [1.29, 1.82) is 0 Å². The van der Waals surface area contributed by atoms with E-state index in [0.717, 1.165) is 0 Å². The maximum atomic E-state index is 11.2. The molecule has 4 nitrogen and oxygen atoms in total. The van der Waals surface area contributed by atoms with E-state index < -0.39 is 15.1 Å². The molecule has 5 heteroatoms. The number of hydrogen-bond acceptors (Lipinski definition) is 4. The molecule has 0 aromatic heterocycles. The van der Waals surface area contributed by atoms with E-state index in [-0.39, 0.29) is 12.1 Å². The Labute approximate surface area is 79.9 Å². The van der Waals surface area contributed by atoms with Crippen LogP contribution in [0.4, 0.5) is 0 Å². The zero-order valence-electron chi connectivity index (χ0n) is 8.20. The minimum atomic E-state index is -0.833. The van der Waals surface area contributed by atoms with Crippen LogP contribution in [0, 0.1) is 0 Å². The van der Waals surface area contributed by atoms with Crippen LogP contribution in [0.5, 0.6) is 0 Å². The van der Waals surface area contributed by atoms with Crippen molar-refractivity contribution in [2.24, 2.45) is 0 Å². The number of hydrogen-bond donors (Lipinski definition) is 0. The van der Waals surface area contributed by atoms with E-state index in [2.05, 4.69) is 0 Å². The lowest BCUT2D eigenvalue weighted by molar-refractivity contribution is -0.151. The SMILES string of the molecule is CC(O[Si](C)C)C(=O)OCC1CO1. The van der Waals surface area contributed by atoms with Crippen LogP contribution in [0.2, 0.25) is 13.1 Å². The second-order valence-electron chi connectivity index (χ2n) is 3.25. The topological polar surface area (TPSA) is 48.1 Å². The Morgan fingerprint density at radius 2 is 2.31 bits per heavy atom. The summed E-state index contributed by atoms with van der Waals surface area (Å²) in [6.07, 6.45) is -0.313. The molecule has 0 N–H and O–H groups in total. The Bertz CT molecular complexity index is 179. The summed E-state index contributed by atoms with van der Waals surface area (Å²) in [5.41, 5.74) is 0. The Morgan fingerprint density at radius 1 is 1.69 bits per heavy atom. The highest BCUT2D eigenvalue weighted by atomic mass is 28.3. The average molecular weight is 203 g/mol. The van der Waals surface area contributed by atoms with Crippen LogP contribution in [0.15, 0.2) is 0 Å². The van der Waals surface area contributed by atoms with Gasteiger partial charge in [-0.25, -0.2) is 4.79 Å². The van der Waals surface area contributed by atoms with Gasteiger partial charge in [-0.3, -0.25) is 0 Å². The van der Waals surface area contributed by atoms with Crippen LogP contribution in [0.25, 0.3) is 0 Å². The predicted octanol–water partition coefficient (Wildman–Crippen LogP) is 0.585. The lowest BCUT2D eigenvalue weighted by Gasteiger charge is -2.13. The number of esters is 1. The van der Waals surface area contributed by atoms with Crippen molar-refractivity contribution in [3.05, 3.63) is 0 Å². The number of carbonyl (C=O) groups is 1. The molecule has 1 rings (SSSR count). The monoisotopic (exact) mass is 203 g/mol. The molecule has 1 fully saturated rings. The largest absolute Gasteiger partial charge is 0.461 e. The van der Waals surface area contributed by atoms with Gasteiger partial charge >= 0.3 is 5.97 Å². The molecular weight excluding hydrogens is 188 g/mol. The van der Waals surface area contributed by atoms with Crippen LogP contribution in [0.1, 0.15) is 6.92 Å². The molecule has 0 aromatic carbocycles. The van der Waals surface area contributed by atoms with Gasteiger partial charge in [0.25, 0.3) is 0 Å². The van der Waals surface area contributed by atoms with E-state index in [4.69, 9.17) is 13.9 Å². The average Bonchev–Trinajstić information content (AvgIpc) is 2.81. The van der Waals surface area contributed by atoms with Crippen LogP contribution in [0.3, 0.4) is 0 Å². The zero-order valence-corrected chi connectivity index (χ0v) is 9.20. The van der Waals surface area contributed by atoms with E-state index in [0.29, 0.717) is 13.2 Å². The smallest absolute Gasteiger partial charge is 0.333 e. The molecule has 13 heavy (non-hydrogen) atoms. The zero-order chi connectivity index (χ0) is 9.84. The maximum absolute atomic E-state index is 11.2. The van der Waals surface area contributed by atoms with Gasteiger partial charge in [-0.1, -0.05) is 0 Å². The molecule has 0 saturated carbocycles. The van der Waals surface area contributed by atoms with Gasteiger partial charge in [-0.15, -0.1) is 0 Å². The molecule has 2 unspecified atom stereocenters. The Hall–Kier alpha value is -0.393. The third-order valence-electron chi connectivity index (χ3n) is 1.56. The first kappa shape index (κ1) is 10.7. The van der Waals surface area contributed by atoms with Gasteiger partial charge in [0.1, 0.15) is 18.8 Å². The van der Waals surface area contributed by atoms with E-state index in [1.54, 1.807) is 6.92 Å². The van der Waals surface area contributed by atoms with Crippen molar-refractivity contribution in [2.45, 2.75) is 32.2 Å². The van der Waals surface area contributed by atoms with Crippen molar-refractivity contribution in [3.63, 3.8) is 0 Å². The minimum Gasteiger partial charge on any atom is -0.461 e. The number of carbonyl (C=O) groups excluding carboxylic acids is 1. The van der Waals surface area contributed by atoms with Gasteiger partial charge in [0.15, 0.2) is 0 Å². The fraction of sp³-hybridized carbons (Fsp3) is 0.875. The summed E-state index contributed by atoms with van der Waals surface area (Å²) in [4.78, 5) is 11.2. The first-order valence-corrected chi connectivity index (χ1v) is 6.75. The Morgan fingerprint density at radius 3 is 2.77 bits per heavy atom. The highest BCUT2D eigenvalue weighted by Crippen LogP contribution is 2.09. The fourth-order valence-corrected chi connectivity index (χ4v) is 1.66. The van der Waals surface area contributed by atoms with E-state index in [1.807, 2.05) is 13.1 Å². The quantitative estimate of drug-likeness (QED) is 0.372. The molecule has 0 aliphatic carbocycles. The number of ether oxygens (including phenoxy) is 2. The summed E-state index contributed by atoms with van der Waals surface area (Å²) >= 11 is 0. The van der Waals surface area contributed by atoms with Gasteiger partial charge in [0.05, 0.1) is 6.61 Å². The highest BCUT2D eigenvalue weighted by Gasteiger charge is 2.26. The second kappa shape index (κ2) is 4.73. The summed E-state index contributed by atoms with van der Waals surface area (Å²) in [6, 6.07) is 0. The molecule has 0 bridgehead atoms. The van der Waals surface area contributed by atoms with Crippen molar-refractivity contribution in [1.82, 2.24) is 0 Å². The van der Waals surface area contributed by atoms with Crippen LogP contribution >= 0.6 is 0 Å². The van der Waals surface area contributed by atoms with Crippen LogP contribution in [-0.2, 0) is 18.7 Å². The summed E-state index contributed by atoms with van der Waals surface area (Å²) in [7, 11) is -0.833. The summed E-state index contributed by atoms with van der Waals surface area (Å²) in [6.45, 7) is 6.76. The Balaban J connectivity index is 2.12. The lowest BCUT2D eigenvalue weighted by atomic mass is 10.4. The van der Waals surface area contributed by atoms with Crippen molar-refractivity contribution >= 4 is 15.0 Å². The summed E-state index contributed by atoms with van der Waals surface area (Å²) in [5.74, 6) is -0.290. The van der Waals surface area contributed by atoms with Crippen molar-refractivity contribution in [2.75, 3.05) is 13.2 Å². The summed E-state index contributed by atoms with van der Waals surface area (Å²) < 4.78 is 15.2. The maximum Gasteiger partial charge on any atom is 0.333 e. The van der Waals surface area contributed by atoms with Crippen LogP contribution < -0.4 is 0 Å². The van der Waals surface area contributed by atoms with Crippen LogP contribution in [-0.4, -0.2) is 40.4 Å². The van der Waals surface area contributed by atoms with Gasteiger partial charge in [0.2, 0.25) is 9.04 Å². The van der Waals surface area contributed by atoms with Crippen molar-refractivity contribution < 1.29 is 18.7 Å². The van der Waals surface area contributed by atoms with Gasteiger partial charge in [-0.05, 0) is 20.0 Å². The second-order valence-corrected chi connectivity index (χ2v) is 5.31. The Kier molecular flexibility index (Phi) is 3.89. The van der Waals surface area contributed by atoms with E-state index in [1.165, 1.54) is 0 Å². The third-order valence-corrected chi connectivity index (χ3v) is 2.38. The third kappa shape index (κ3) is 4.40. The minimum absolute atomic E-state index is 0.129. The molecule has 1 radical (unpaired) electrons. The fourth-order valence-electron chi connectivity index (χ4n) is 0.858. The summed E-state index contributed by atoms with van der Waals surface area (Å²) in [5, 5.41) is 0. The van der Waals surface area contributed by atoms with E-state index in [9.17, 15) is 4.79 Å². The first-order chi connectivity index (χ1) is 6.09. The molecule has 75 valence electrons.